The molecule has 1 amide bonds. The predicted molar refractivity (Wildman–Crippen MR) is 154 cm³/mol. The Hall–Kier alpha value is -4.79. The fourth-order valence-electron chi connectivity index (χ4n) is 4.36. The molecular weight excluding hydrogens is 510 g/mol. The van der Waals surface area contributed by atoms with Crippen LogP contribution >= 0.6 is 0 Å². The lowest BCUT2D eigenvalue weighted by Crippen LogP contribution is -2.42. The van der Waals surface area contributed by atoms with E-state index in [1.165, 1.54) is 0 Å². The van der Waals surface area contributed by atoms with Gasteiger partial charge in [0.15, 0.2) is 0 Å². The highest BCUT2D eigenvalue weighted by Crippen LogP contribution is 2.24. The number of esters is 2. The highest BCUT2D eigenvalue weighted by molar-refractivity contribution is 6.06. The number of fused-ring (bicyclic) bond motifs is 3. The maximum absolute atomic E-state index is 12.8. The van der Waals surface area contributed by atoms with Gasteiger partial charge in [0.05, 0.1) is 24.1 Å². The predicted octanol–water partition coefficient (Wildman–Crippen LogP) is 4.56. The minimum Gasteiger partial charge on any atom is -0.466 e. The molecule has 40 heavy (non-hydrogen) atoms. The van der Waals surface area contributed by atoms with Crippen molar-refractivity contribution in [3.63, 3.8) is 0 Å². The number of carbonyl (C=O) groups excluding carboxylic acids is 3. The van der Waals surface area contributed by atoms with Crippen LogP contribution in [0.25, 0.3) is 33.8 Å². The van der Waals surface area contributed by atoms with Crippen molar-refractivity contribution in [1.82, 2.24) is 15.3 Å². The molecule has 0 fully saturated rings. The van der Waals surface area contributed by atoms with Crippen LogP contribution in [-0.4, -0.2) is 47.1 Å². The number of nitrogens with one attached hydrogen (secondary N) is 2. The summed E-state index contributed by atoms with van der Waals surface area (Å²) in [6, 6.07) is 15.6. The van der Waals surface area contributed by atoms with Gasteiger partial charge >= 0.3 is 11.9 Å². The van der Waals surface area contributed by atoms with Gasteiger partial charge in [-0.05, 0) is 73.4 Å². The summed E-state index contributed by atoms with van der Waals surface area (Å²) in [4.78, 5) is 56.7. The molecule has 0 saturated carbocycles. The van der Waals surface area contributed by atoms with E-state index >= 15 is 0 Å². The monoisotopic (exact) mass is 541 g/mol. The van der Waals surface area contributed by atoms with Crippen molar-refractivity contribution in [2.75, 3.05) is 13.2 Å². The van der Waals surface area contributed by atoms with Crippen LogP contribution in [0.3, 0.4) is 0 Å². The van der Waals surface area contributed by atoms with Crippen molar-refractivity contribution in [1.29, 1.82) is 0 Å². The maximum Gasteiger partial charge on any atom is 0.328 e. The number of aromatic amines is 1. The van der Waals surface area contributed by atoms with Crippen molar-refractivity contribution >= 4 is 51.7 Å². The Kier molecular flexibility index (Phi) is 9.06. The molecule has 0 aliphatic rings. The average molecular weight is 542 g/mol. The molecule has 0 aliphatic heterocycles. The third kappa shape index (κ3) is 6.79. The van der Waals surface area contributed by atoms with Gasteiger partial charge in [-0.15, -0.1) is 0 Å². The van der Waals surface area contributed by atoms with Gasteiger partial charge in [0.25, 0.3) is 11.5 Å². The van der Waals surface area contributed by atoms with Crippen LogP contribution in [-0.2, 0) is 19.1 Å². The van der Waals surface area contributed by atoms with E-state index in [9.17, 15) is 19.2 Å². The molecule has 3 aromatic carbocycles. The number of hydrogen-bond donors (Lipinski definition) is 2. The molecule has 4 aromatic rings. The molecule has 0 bridgehead atoms. The number of aromatic nitrogens is 2. The summed E-state index contributed by atoms with van der Waals surface area (Å²) in [5, 5.41) is 4.98. The first-order valence-corrected chi connectivity index (χ1v) is 13.1. The molecule has 2 N–H and O–H groups in total. The Balaban J connectivity index is 1.48. The Morgan fingerprint density at radius 1 is 0.950 bits per heavy atom. The van der Waals surface area contributed by atoms with E-state index in [1.807, 2.05) is 42.5 Å². The first-order valence-electron chi connectivity index (χ1n) is 13.1. The molecule has 206 valence electrons. The van der Waals surface area contributed by atoms with Crippen LogP contribution in [0.5, 0.6) is 0 Å². The second-order valence-corrected chi connectivity index (χ2v) is 9.17. The molecule has 1 aromatic heterocycles. The summed E-state index contributed by atoms with van der Waals surface area (Å²) in [5.41, 5.74) is 2.60. The fraction of sp³-hybridized carbons (Fsp3) is 0.258. The van der Waals surface area contributed by atoms with Crippen molar-refractivity contribution in [2.24, 2.45) is 0 Å². The zero-order chi connectivity index (χ0) is 28.6. The highest BCUT2D eigenvalue weighted by atomic mass is 16.5. The normalized spacial score (nSPS) is 12.0. The SMILES string of the molecule is CCOC(=O)CC[C@H](NC(=O)c1ccc(C=Cc2ccc3ccc4nc(C)[nH]c(=O)c4c3c2)cc1)C(=O)OCC. The third-order valence-corrected chi connectivity index (χ3v) is 6.29. The van der Waals surface area contributed by atoms with Crippen molar-refractivity contribution in [2.45, 2.75) is 39.7 Å². The summed E-state index contributed by atoms with van der Waals surface area (Å²) in [6.45, 7) is 5.53. The maximum atomic E-state index is 12.8. The second kappa shape index (κ2) is 12.8. The minimum atomic E-state index is -0.966. The van der Waals surface area contributed by atoms with Crippen LogP contribution < -0.4 is 10.9 Å². The molecule has 0 aliphatic carbocycles. The van der Waals surface area contributed by atoms with Gasteiger partial charge in [0.1, 0.15) is 11.9 Å². The molecule has 9 heteroatoms. The fourth-order valence-corrected chi connectivity index (χ4v) is 4.36. The number of H-pyrrole nitrogens is 1. The van der Waals surface area contributed by atoms with Crippen molar-refractivity contribution < 1.29 is 23.9 Å². The van der Waals surface area contributed by atoms with Gasteiger partial charge in [-0.2, -0.15) is 0 Å². The van der Waals surface area contributed by atoms with E-state index in [2.05, 4.69) is 15.3 Å². The summed E-state index contributed by atoms with van der Waals surface area (Å²) >= 11 is 0. The van der Waals surface area contributed by atoms with Gasteiger partial charge < -0.3 is 19.8 Å². The summed E-state index contributed by atoms with van der Waals surface area (Å²) in [7, 11) is 0. The highest BCUT2D eigenvalue weighted by Gasteiger charge is 2.24. The van der Waals surface area contributed by atoms with Crippen molar-refractivity contribution in [3.05, 3.63) is 87.5 Å². The zero-order valence-corrected chi connectivity index (χ0v) is 22.7. The Labute approximate surface area is 231 Å². The van der Waals surface area contributed by atoms with E-state index < -0.39 is 23.9 Å². The zero-order valence-electron chi connectivity index (χ0n) is 22.7. The molecule has 0 saturated heterocycles. The van der Waals surface area contributed by atoms with Crippen LogP contribution in [0, 0.1) is 6.92 Å². The smallest absolute Gasteiger partial charge is 0.328 e. The Morgan fingerprint density at radius 3 is 2.35 bits per heavy atom. The standard InChI is InChI=1S/C31H31N3O6/c1-4-39-27(35)17-16-26(31(38)40-5-2)34-29(36)23-12-8-20(9-13-23)6-7-21-10-11-22-14-15-25-28(24(22)18-21)30(37)33-19(3)32-25/h6-15,18,26H,4-5,16-17H2,1-3H3,(H,34,36)(H,32,33,37)/t26-/m0/s1. The van der Waals surface area contributed by atoms with Gasteiger partial charge in [-0.3, -0.25) is 14.4 Å². The molecule has 9 nitrogen and oxygen atoms in total. The number of carbonyl (C=O) groups is 3. The quantitative estimate of drug-likeness (QED) is 0.171. The van der Waals surface area contributed by atoms with Crippen LogP contribution in [0.2, 0.25) is 0 Å². The first kappa shape index (κ1) is 28.2. The van der Waals surface area contributed by atoms with Gasteiger partial charge in [-0.25, -0.2) is 9.78 Å². The lowest BCUT2D eigenvalue weighted by Gasteiger charge is -2.17. The minimum absolute atomic E-state index is 0.0174. The summed E-state index contributed by atoms with van der Waals surface area (Å²) < 4.78 is 9.96. The van der Waals surface area contributed by atoms with Gasteiger partial charge in [0.2, 0.25) is 0 Å². The number of benzene rings is 3. The molecule has 0 unspecified atom stereocenters. The average Bonchev–Trinajstić information content (AvgIpc) is 2.94. The first-order chi connectivity index (χ1) is 19.3. The number of ether oxygens (including phenoxy) is 2. The molecule has 1 heterocycles. The van der Waals surface area contributed by atoms with Crippen LogP contribution in [0.15, 0.2) is 59.4 Å². The summed E-state index contributed by atoms with van der Waals surface area (Å²) in [6.07, 6.45) is 3.89. The van der Waals surface area contributed by atoms with Gasteiger partial charge in [0, 0.05) is 12.0 Å². The molecule has 0 spiro atoms. The topological polar surface area (TPSA) is 127 Å². The Morgan fingerprint density at radius 2 is 1.62 bits per heavy atom. The Bertz CT molecular complexity index is 1640. The van der Waals surface area contributed by atoms with Crippen LogP contribution in [0.4, 0.5) is 0 Å². The van der Waals surface area contributed by atoms with Crippen LogP contribution in [0.1, 0.15) is 54.0 Å². The van der Waals surface area contributed by atoms with E-state index in [1.54, 1.807) is 45.0 Å². The lowest BCUT2D eigenvalue weighted by molar-refractivity contribution is -0.146. The number of amides is 1. The lowest BCUT2D eigenvalue weighted by atomic mass is 10.0. The number of hydrogen-bond acceptors (Lipinski definition) is 7. The van der Waals surface area contributed by atoms with Crippen molar-refractivity contribution in [3.8, 4) is 0 Å². The van der Waals surface area contributed by atoms with E-state index in [-0.39, 0.29) is 31.6 Å². The number of rotatable bonds is 10. The molecule has 1 atom stereocenters. The summed E-state index contributed by atoms with van der Waals surface area (Å²) in [5.74, 6) is -0.929. The van der Waals surface area contributed by atoms with E-state index in [0.29, 0.717) is 22.3 Å². The number of nitrogens with zero attached hydrogens (tertiary/aromatic N) is 1. The van der Waals surface area contributed by atoms with E-state index in [0.717, 1.165) is 21.9 Å². The molecule has 0 radical (unpaired) electrons. The third-order valence-electron chi connectivity index (χ3n) is 6.29. The number of aryl methyl sites for hydroxylation is 1. The largest absolute Gasteiger partial charge is 0.466 e. The van der Waals surface area contributed by atoms with Gasteiger partial charge in [-0.1, -0.05) is 42.5 Å². The molecule has 4 rings (SSSR count). The second-order valence-electron chi connectivity index (χ2n) is 9.17. The van der Waals surface area contributed by atoms with E-state index in [4.69, 9.17) is 9.47 Å². The molecular formula is C31H31N3O6.